The number of phosphoric ester groups is 1. The number of phosphoric acid groups is 1. The summed E-state index contributed by atoms with van der Waals surface area (Å²) in [5.74, 6) is -0.858. The molecule has 356 valence electrons. The van der Waals surface area contributed by atoms with E-state index in [4.69, 9.17) is 18.5 Å². The largest absolute Gasteiger partial charge is 0.472 e. The van der Waals surface area contributed by atoms with E-state index >= 15 is 0 Å². The summed E-state index contributed by atoms with van der Waals surface area (Å²) in [5.41, 5.74) is 0. The van der Waals surface area contributed by atoms with Gasteiger partial charge in [-0.3, -0.25) is 18.6 Å². The zero-order valence-corrected chi connectivity index (χ0v) is 41.0. The van der Waals surface area contributed by atoms with Crippen molar-refractivity contribution in [3.05, 3.63) is 48.6 Å². The molecule has 0 aromatic heterocycles. The standard InChI is InChI=1S/C51H94NO8P/c1-6-8-10-12-14-16-18-20-22-24-25-26-28-29-31-33-35-37-39-41-43-50(53)57-47-49(48-59-61(55,56)58-46-45-52(3,4)5)60-51(54)44-42-40-38-36-34-32-30-27-23-21-19-17-15-13-11-9-7-2/h15,17,21,23,30,32,36,38,49H,6-14,16,18-20,22,24-29,31,33-35,37,39-48H2,1-5H3/p+1/b17-15+,23-21+,32-30+,38-36+/t49-/m1/s1. The predicted octanol–water partition coefficient (Wildman–Crippen LogP) is 14.6. The fourth-order valence-electron chi connectivity index (χ4n) is 6.71. The molecule has 9 nitrogen and oxygen atoms in total. The van der Waals surface area contributed by atoms with E-state index < -0.39 is 26.5 Å². The van der Waals surface area contributed by atoms with Gasteiger partial charge >= 0.3 is 19.8 Å². The molecule has 0 saturated heterocycles. The van der Waals surface area contributed by atoms with Crippen molar-refractivity contribution in [2.24, 2.45) is 0 Å². The first-order valence-electron chi connectivity index (χ1n) is 24.9. The molecule has 0 bridgehead atoms. The molecule has 0 rings (SSSR count). The maximum absolute atomic E-state index is 12.7. The van der Waals surface area contributed by atoms with Crippen molar-refractivity contribution in [3.63, 3.8) is 0 Å². The molecule has 0 heterocycles. The first kappa shape index (κ1) is 59.0. The van der Waals surface area contributed by atoms with Crippen LogP contribution in [0, 0.1) is 0 Å². The van der Waals surface area contributed by atoms with Crippen molar-refractivity contribution in [3.8, 4) is 0 Å². The number of likely N-dealkylation sites (N-methyl/N-ethyl adjacent to an activating group) is 1. The minimum atomic E-state index is -4.39. The molecule has 0 aromatic rings. The van der Waals surface area contributed by atoms with E-state index in [1.165, 1.54) is 135 Å². The molecule has 0 fully saturated rings. The average molecular weight is 881 g/mol. The summed E-state index contributed by atoms with van der Waals surface area (Å²) >= 11 is 0. The Morgan fingerprint density at radius 2 is 0.902 bits per heavy atom. The Labute approximate surface area is 375 Å². The molecule has 0 aliphatic rings. The third-order valence-corrected chi connectivity index (χ3v) is 11.6. The molecule has 0 amide bonds. The van der Waals surface area contributed by atoms with Gasteiger partial charge in [0.25, 0.3) is 0 Å². The second-order valence-electron chi connectivity index (χ2n) is 17.9. The van der Waals surface area contributed by atoms with Crippen molar-refractivity contribution in [1.82, 2.24) is 0 Å². The van der Waals surface area contributed by atoms with Crippen molar-refractivity contribution in [2.75, 3.05) is 47.5 Å². The topological polar surface area (TPSA) is 108 Å². The fraction of sp³-hybridized carbons (Fsp3) is 0.804. The Bertz CT molecular complexity index is 1180. The molecule has 0 aliphatic heterocycles. The van der Waals surface area contributed by atoms with Crippen molar-refractivity contribution in [2.45, 2.75) is 219 Å². The molecule has 0 aromatic carbocycles. The molecule has 1 N–H and O–H groups in total. The zero-order valence-electron chi connectivity index (χ0n) is 40.1. The maximum Gasteiger partial charge on any atom is 0.472 e. The number of hydrogen-bond donors (Lipinski definition) is 1. The van der Waals surface area contributed by atoms with E-state index in [0.29, 0.717) is 17.4 Å². The first-order chi connectivity index (χ1) is 29.5. The van der Waals surface area contributed by atoms with Crippen LogP contribution < -0.4 is 0 Å². The fourth-order valence-corrected chi connectivity index (χ4v) is 7.45. The highest BCUT2D eigenvalue weighted by atomic mass is 31.2. The summed E-state index contributed by atoms with van der Waals surface area (Å²) < 4.78 is 34.3. The van der Waals surface area contributed by atoms with E-state index in [0.717, 1.165) is 44.9 Å². The number of esters is 2. The molecule has 2 atom stereocenters. The first-order valence-corrected chi connectivity index (χ1v) is 26.4. The van der Waals surface area contributed by atoms with Crippen molar-refractivity contribution >= 4 is 19.8 Å². The van der Waals surface area contributed by atoms with Gasteiger partial charge in [-0.25, -0.2) is 4.57 Å². The number of nitrogens with zero attached hydrogens (tertiary/aromatic N) is 1. The molecule has 0 aliphatic carbocycles. The van der Waals surface area contributed by atoms with Gasteiger partial charge in [0, 0.05) is 12.8 Å². The van der Waals surface area contributed by atoms with Crippen LogP contribution in [0.3, 0.4) is 0 Å². The predicted molar refractivity (Wildman–Crippen MR) is 257 cm³/mol. The van der Waals surface area contributed by atoms with E-state index in [1.807, 2.05) is 21.1 Å². The number of hydrogen-bond acceptors (Lipinski definition) is 7. The van der Waals surface area contributed by atoms with Crippen LogP contribution in [0.15, 0.2) is 48.6 Å². The van der Waals surface area contributed by atoms with E-state index in [1.54, 1.807) is 0 Å². The number of quaternary nitrogens is 1. The monoisotopic (exact) mass is 881 g/mol. The molecular weight excluding hydrogens is 786 g/mol. The summed E-state index contributed by atoms with van der Waals surface area (Å²) in [6, 6.07) is 0. The third kappa shape index (κ3) is 47.3. The Morgan fingerprint density at radius 1 is 0.508 bits per heavy atom. The molecule has 61 heavy (non-hydrogen) atoms. The van der Waals surface area contributed by atoms with E-state index in [-0.39, 0.29) is 32.0 Å². The van der Waals surface area contributed by atoms with Gasteiger partial charge in [0.2, 0.25) is 0 Å². The normalized spacial score (nSPS) is 13.9. The highest BCUT2D eigenvalue weighted by molar-refractivity contribution is 7.47. The lowest BCUT2D eigenvalue weighted by Gasteiger charge is -2.24. The minimum Gasteiger partial charge on any atom is -0.462 e. The summed E-state index contributed by atoms with van der Waals surface area (Å²) in [5, 5.41) is 0. The average Bonchev–Trinajstić information content (AvgIpc) is 3.21. The summed E-state index contributed by atoms with van der Waals surface area (Å²) in [6.07, 6.45) is 51.7. The van der Waals surface area contributed by atoms with Gasteiger partial charge in [-0.1, -0.05) is 197 Å². The van der Waals surface area contributed by atoms with Crippen LogP contribution in [-0.2, 0) is 32.7 Å². The molecule has 10 heteroatoms. The van der Waals surface area contributed by atoms with Crippen molar-refractivity contribution < 1.29 is 42.1 Å². The van der Waals surface area contributed by atoms with Gasteiger partial charge in [-0.05, 0) is 51.4 Å². The summed E-state index contributed by atoms with van der Waals surface area (Å²) in [7, 11) is 1.44. The molecule has 0 spiro atoms. The number of rotatable bonds is 45. The lowest BCUT2D eigenvalue weighted by Crippen LogP contribution is -2.37. The summed E-state index contributed by atoms with van der Waals surface area (Å²) in [6.45, 7) is 4.35. The van der Waals surface area contributed by atoms with Gasteiger partial charge in [0.15, 0.2) is 6.10 Å². The van der Waals surface area contributed by atoms with Crippen LogP contribution in [0.25, 0.3) is 0 Å². The molecule has 1 unspecified atom stereocenters. The highest BCUT2D eigenvalue weighted by Gasteiger charge is 2.27. The van der Waals surface area contributed by atoms with Gasteiger partial charge in [-0.15, -0.1) is 0 Å². The Balaban J connectivity index is 4.33. The SMILES string of the molecule is CCCCC/C=C/C/C=C/C/C=C/C/C=C/CCCC(=O)O[C@H](COC(=O)CCCCCCCCCCCCCCCCCCCCCC)COP(=O)(O)OCC[N+](C)(C)C. The third-order valence-electron chi connectivity index (χ3n) is 10.6. The maximum atomic E-state index is 12.7. The van der Waals surface area contributed by atoms with E-state index in [9.17, 15) is 19.0 Å². The zero-order chi connectivity index (χ0) is 45.0. The van der Waals surface area contributed by atoms with Crippen LogP contribution in [-0.4, -0.2) is 74.9 Å². The molecular formula is C51H95NO8P+. The second kappa shape index (κ2) is 43.2. The quantitative estimate of drug-likeness (QED) is 0.0212. The number of unbranched alkanes of at least 4 members (excludes halogenated alkanes) is 23. The smallest absolute Gasteiger partial charge is 0.462 e. The van der Waals surface area contributed by atoms with Gasteiger partial charge in [-0.2, -0.15) is 0 Å². The Hall–Kier alpha value is -2.03. The molecule has 0 radical (unpaired) electrons. The lowest BCUT2D eigenvalue weighted by molar-refractivity contribution is -0.870. The van der Waals surface area contributed by atoms with Gasteiger partial charge in [0.05, 0.1) is 27.7 Å². The van der Waals surface area contributed by atoms with Crippen LogP contribution >= 0.6 is 7.82 Å². The van der Waals surface area contributed by atoms with Gasteiger partial charge < -0.3 is 18.9 Å². The van der Waals surface area contributed by atoms with Crippen LogP contribution in [0.2, 0.25) is 0 Å². The molecule has 0 saturated carbocycles. The number of ether oxygens (including phenoxy) is 2. The minimum absolute atomic E-state index is 0.0215. The van der Waals surface area contributed by atoms with Crippen molar-refractivity contribution in [1.29, 1.82) is 0 Å². The van der Waals surface area contributed by atoms with Crippen LogP contribution in [0.4, 0.5) is 0 Å². The Morgan fingerprint density at radius 3 is 1.36 bits per heavy atom. The number of carbonyl (C=O) groups excluding carboxylic acids is 2. The van der Waals surface area contributed by atoms with Crippen LogP contribution in [0.1, 0.15) is 213 Å². The van der Waals surface area contributed by atoms with Gasteiger partial charge in [0.1, 0.15) is 19.8 Å². The number of carbonyl (C=O) groups is 2. The lowest BCUT2D eigenvalue weighted by atomic mass is 10.0. The highest BCUT2D eigenvalue weighted by Crippen LogP contribution is 2.43. The Kier molecular flexibility index (Phi) is 41.8. The summed E-state index contributed by atoms with van der Waals surface area (Å²) in [4.78, 5) is 35.5. The number of allylic oxidation sites excluding steroid dienone is 8. The second-order valence-corrected chi connectivity index (χ2v) is 19.3. The van der Waals surface area contributed by atoms with E-state index in [2.05, 4.69) is 62.5 Å². The van der Waals surface area contributed by atoms with Crippen LogP contribution in [0.5, 0.6) is 0 Å².